The molecule has 0 aliphatic carbocycles. The van der Waals surface area contributed by atoms with Crippen LogP contribution < -0.4 is 5.73 Å². The van der Waals surface area contributed by atoms with E-state index < -0.39 is 0 Å². The van der Waals surface area contributed by atoms with E-state index >= 15 is 0 Å². The molecule has 1 aliphatic rings. The molecule has 1 fully saturated rings. The number of rotatable bonds is 1. The van der Waals surface area contributed by atoms with E-state index in [1.807, 2.05) is 0 Å². The van der Waals surface area contributed by atoms with Gasteiger partial charge in [0.25, 0.3) is 0 Å². The van der Waals surface area contributed by atoms with Crippen LogP contribution in [0.3, 0.4) is 0 Å². The van der Waals surface area contributed by atoms with E-state index in [2.05, 4.69) is 19.6 Å². The Kier molecular flexibility index (Phi) is 2.61. The summed E-state index contributed by atoms with van der Waals surface area (Å²) in [5, 5.41) is -0.00333. The molecule has 0 saturated carbocycles. The van der Waals surface area contributed by atoms with Gasteiger partial charge in [-0.2, -0.15) is 12.6 Å². The first kappa shape index (κ1) is 8.37. The van der Waals surface area contributed by atoms with Crippen LogP contribution in [-0.2, 0) is 4.74 Å². The molecular formula is C7H15NOS. The Labute approximate surface area is 67.5 Å². The maximum absolute atomic E-state index is 5.71. The first-order valence-electron chi connectivity index (χ1n) is 3.66. The van der Waals surface area contributed by atoms with Crippen molar-refractivity contribution >= 4 is 12.6 Å². The number of hydrogen-bond donors (Lipinski definition) is 2. The van der Waals surface area contributed by atoms with Gasteiger partial charge in [0.2, 0.25) is 0 Å². The highest BCUT2D eigenvalue weighted by molar-refractivity contribution is 7.80. The molecule has 0 aromatic rings. The molecule has 0 aromatic carbocycles. The average molecular weight is 161 g/mol. The number of hydrogen-bond acceptors (Lipinski definition) is 3. The predicted octanol–water partition coefficient (Wildman–Crippen LogP) is 1.02. The van der Waals surface area contributed by atoms with Crippen molar-refractivity contribution in [2.75, 3.05) is 13.2 Å². The third-order valence-electron chi connectivity index (χ3n) is 2.35. The van der Waals surface area contributed by atoms with Crippen LogP contribution >= 0.6 is 12.6 Å². The molecule has 0 spiro atoms. The lowest BCUT2D eigenvalue weighted by molar-refractivity contribution is 0.0238. The van der Waals surface area contributed by atoms with Crippen molar-refractivity contribution in [2.24, 2.45) is 11.1 Å². The van der Waals surface area contributed by atoms with E-state index in [4.69, 9.17) is 10.5 Å². The van der Waals surface area contributed by atoms with Gasteiger partial charge >= 0.3 is 0 Å². The summed E-state index contributed by atoms with van der Waals surface area (Å²) in [7, 11) is 0. The Morgan fingerprint density at radius 3 is 2.30 bits per heavy atom. The number of ether oxygens (including phenoxy) is 1. The van der Waals surface area contributed by atoms with Gasteiger partial charge in [0.1, 0.15) is 0 Å². The highest BCUT2D eigenvalue weighted by atomic mass is 32.1. The van der Waals surface area contributed by atoms with Gasteiger partial charge in [-0.15, -0.1) is 0 Å². The Hall–Kier alpha value is 0.270. The van der Waals surface area contributed by atoms with Gasteiger partial charge in [-0.05, 0) is 18.3 Å². The largest absolute Gasteiger partial charge is 0.381 e. The van der Waals surface area contributed by atoms with Gasteiger partial charge in [0.15, 0.2) is 0 Å². The Bertz CT molecular complexity index is 110. The second-order valence-corrected chi connectivity index (χ2v) is 3.77. The first-order valence-corrected chi connectivity index (χ1v) is 4.18. The fourth-order valence-electron chi connectivity index (χ4n) is 1.13. The average Bonchev–Trinajstić information content (AvgIpc) is 1.89. The zero-order chi connectivity index (χ0) is 7.61. The number of thiol groups is 1. The van der Waals surface area contributed by atoms with Gasteiger partial charge < -0.3 is 10.5 Å². The van der Waals surface area contributed by atoms with Crippen molar-refractivity contribution in [1.29, 1.82) is 0 Å². The highest BCUT2D eigenvalue weighted by Crippen LogP contribution is 2.33. The van der Waals surface area contributed by atoms with Gasteiger partial charge in [-0.1, -0.05) is 6.92 Å². The van der Waals surface area contributed by atoms with Crippen LogP contribution in [0.25, 0.3) is 0 Å². The molecule has 60 valence electrons. The standard InChI is InChI=1S/C7H15NOS/c1-7(6(8)10)2-4-9-5-3-7/h6,10H,2-5,8H2,1H3. The maximum Gasteiger partial charge on any atom is 0.0533 e. The van der Waals surface area contributed by atoms with Gasteiger partial charge in [0, 0.05) is 13.2 Å². The fourth-order valence-corrected chi connectivity index (χ4v) is 1.39. The predicted molar refractivity (Wildman–Crippen MR) is 45.1 cm³/mol. The SMILES string of the molecule is CC1(C(N)S)CCOCC1. The van der Waals surface area contributed by atoms with Crippen molar-refractivity contribution in [2.45, 2.75) is 25.1 Å². The molecule has 1 heterocycles. The zero-order valence-corrected chi connectivity index (χ0v) is 7.23. The summed E-state index contributed by atoms with van der Waals surface area (Å²) in [6.07, 6.45) is 2.08. The molecule has 0 radical (unpaired) electrons. The number of nitrogens with two attached hydrogens (primary N) is 1. The minimum Gasteiger partial charge on any atom is -0.381 e. The van der Waals surface area contributed by atoms with E-state index in [-0.39, 0.29) is 10.8 Å². The molecule has 10 heavy (non-hydrogen) atoms. The van der Waals surface area contributed by atoms with Crippen molar-refractivity contribution in [3.05, 3.63) is 0 Å². The lowest BCUT2D eigenvalue weighted by Gasteiger charge is -2.36. The second kappa shape index (κ2) is 3.11. The summed E-state index contributed by atoms with van der Waals surface area (Å²) >= 11 is 4.25. The molecule has 1 rings (SSSR count). The Morgan fingerprint density at radius 2 is 2.00 bits per heavy atom. The lowest BCUT2D eigenvalue weighted by atomic mass is 9.82. The highest BCUT2D eigenvalue weighted by Gasteiger charge is 2.31. The lowest BCUT2D eigenvalue weighted by Crippen LogP contribution is -2.39. The van der Waals surface area contributed by atoms with Crippen LogP contribution in [0.5, 0.6) is 0 Å². The van der Waals surface area contributed by atoms with Crippen LogP contribution in [0.1, 0.15) is 19.8 Å². The Balaban J connectivity index is 2.48. The molecule has 1 unspecified atom stereocenters. The molecule has 1 aliphatic heterocycles. The van der Waals surface area contributed by atoms with Crippen molar-refractivity contribution in [1.82, 2.24) is 0 Å². The zero-order valence-electron chi connectivity index (χ0n) is 6.34. The van der Waals surface area contributed by atoms with Crippen molar-refractivity contribution < 1.29 is 4.74 Å². The molecule has 0 amide bonds. The summed E-state index contributed by atoms with van der Waals surface area (Å²) in [5.41, 5.74) is 5.91. The van der Waals surface area contributed by atoms with E-state index in [0.29, 0.717) is 0 Å². The fraction of sp³-hybridized carbons (Fsp3) is 1.00. The summed E-state index contributed by atoms with van der Waals surface area (Å²) in [4.78, 5) is 0. The van der Waals surface area contributed by atoms with Crippen molar-refractivity contribution in [3.63, 3.8) is 0 Å². The van der Waals surface area contributed by atoms with E-state index in [1.165, 1.54) is 0 Å². The topological polar surface area (TPSA) is 35.2 Å². The van der Waals surface area contributed by atoms with Crippen LogP contribution in [0.4, 0.5) is 0 Å². The molecule has 3 heteroatoms. The quantitative estimate of drug-likeness (QED) is 0.445. The van der Waals surface area contributed by atoms with E-state index in [0.717, 1.165) is 26.1 Å². The smallest absolute Gasteiger partial charge is 0.0533 e. The van der Waals surface area contributed by atoms with Gasteiger partial charge in [-0.25, -0.2) is 0 Å². The molecule has 0 aromatic heterocycles. The van der Waals surface area contributed by atoms with Gasteiger partial charge in [0.05, 0.1) is 5.37 Å². The molecule has 0 bridgehead atoms. The Morgan fingerprint density at radius 1 is 1.50 bits per heavy atom. The maximum atomic E-state index is 5.71. The van der Waals surface area contributed by atoms with Gasteiger partial charge in [-0.3, -0.25) is 0 Å². The van der Waals surface area contributed by atoms with Crippen LogP contribution in [-0.4, -0.2) is 18.6 Å². The second-order valence-electron chi connectivity index (χ2n) is 3.21. The first-order chi connectivity index (χ1) is 4.65. The van der Waals surface area contributed by atoms with Crippen molar-refractivity contribution in [3.8, 4) is 0 Å². The summed E-state index contributed by atoms with van der Waals surface area (Å²) in [6.45, 7) is 3.85. The van der Waals surface area contributed by atoms with Crippen LogP contribution in [0.15, 0.2) is 0 Å². The van der Waals surface area contributed by atoms with Crippen LogP contribution in [0, 0.1) is 5.41 Å². The monoisotopic (exact) mass is 161 g/mol. The van der Waals surface area contributed by atoms with Crippen LogP contribution in [0.2, 0.25) is 0 Å². The van der Waals surface area contributed by atoms with E-state index in [9.17, 15) is 0 Å². The third-order valence-corrected chi connectivity index (χ3v) is 2.97. The molecule has 1 saturated heterocycles. The molecule has 1 atom stereocenters. The van der Waals surface area contributed by atoms with E-state index in [1.54, 1.807) is 0 Å². The molecule has 2 nitrogen and oxygen atoms in total. The minimum absolute atomic E-state index is 0.00333. The minimum atomic E-state index is -0.00333. The normalized spacial score (nSPS) is 27.9. The summed E-state index contributed by atoms with van der Waals surface area (Å²) in [6, 6.07) is 0. The summed E-state index contributed by atoms with van der Waals surface area (Å²) in [5.74, 6) is 0. The summed E-state index contributed by atoms with van der Waals surface area (Å²) < 4.78 is 5.23. The third kappa shape index (κ3) is 1.65. The molecular weight excluding hydrogens is 146 g/mol. The molecule has 2 N–H and O–H groups in total.